The first-order valence-electron chi connectivity index (χ1n) is 5.60. The van der Waals surface area contributed by atoms with E-state index in [1.165, 1.54) is 0 Å². The Labute approximate surface area is 108 Å². The highest BCUT2D eigenvalue weighted by atomic mass is 16.6. The van der Waals surface area contributed by atoms with Crippen LogP contribution in [0.25, 0.3) is 11.3 Å². The minimum absolute atomic E-state index is 0.134. The molecule has 1 heterocycles. The number of aromatic nitrogens is 2. The molecule has 1 N–H and O–H groups in total. The number of ether oxygens (including phenoxy) is 1. The van der Waals surface area contributed by atoms with Crippen molar-refractivity contribution in [3.05, 3.63) is 46.0 Å². The number of rotatable bonds is 4. The highest BCUT2D eigenvalue weighted by Crippen LogP contribution is 2.28. The van der Waals surface area contributed by atoms with Gasteiger partial charge in [0.15, 0.2) is 5.56 Å². The van der Waals surface area contributed by atoms with E-state index in [4.69, 9.17) is 4.74 Å². The number of H-pyrrole nitrogens is 1. The van der Waals surface area contributed by atoms with Gasteiger partial charge in [-0.3, -0.25) is 0 Å². The molecule has 7 nitrogen and oxygen atoms in total. The van der Waals surface area contributed by atoms with Gasteiger partial charge in [-0.1, -0.05) is 35.4 Å². The fourth-order valence-corrected chi connectivity index (χ4v) is 1.67. The normalized spacial score (nSPS) is 10.2. The second-order valence-electron chi connectivity index (χ2n) is 3.64. The van der Waals surface area contributed by atoms with Gasteiger partial charge in [0.1, 0.15) is 5.69 Å². The summed E-state index contributed by atoms with van der Waals surface area (Å²) in [4.78, 5) is 22.1. The molecule has 0 unspecified atom stereocenters. The Hall–Kier alpha value is -2.70. The number of nitrogens with one attached hydrogen (secondary N) is 1. The van der Waals surface area contributed by atoms with E-state index >= 15 is 0 Å². The molecule has 0 bridgehead atoms. The van der Waals surface area contributed by atoms with E-state index < -0.39 is 16.7 Å². The molecule has 1 aromatic carbocycles. The van der Waals surface area contributed by atoms with E-state index in [-0.39, 0.29) is 17.9 Å². The second-order valence-corrected chi connectivity index (χ2v) is 3.64. The minimum Gasteiger partial charge on any atom is -0.462 e. The maximum Gasteiger partial charge on any atom is 0.358 e. The third-order valence-corrected chi connectivity index (χ3v) is 2.46. The summed E-state index contributed by atoms with van der Waals surface area (Å²) >= 11 is 0. The van der Waals surface area contributed by atoms with Gasteiger partial charge in [-0.15, -0.1) is 5.10 Å². The van der Waals surface area contributed by atoms with E-state index in [1.54, 1.807) is 37.3 Å². The molecule has 0 atom stereocenters. The first kappa shape index (κ1) is 12.7. The van der Waals surface area contributed by atoms with Crippen LogP contribution < -0.4 is 0 Å². The highest BCUT2D eigenvalue weighted by Gasteiger charge is 2.29. The molecule has 1 aromatic heterocycles. The standard InChI is InChI=1S/C12H11N3O4/c1-2-19-12(16)9-10(8-6-4-3-5-7-8)13-14-11(9)15(17)18/h3-7H,2H2,1H3,(H,13,14). The van der Waals surface area contributed by atoms with Gasteiger partial charge in [0.2, 0.25) is 0 Å². The number of carbonyl (C=O) groups excluding carboxylic acids is 1. The molecule has 0 aliphatic carbocycles. The van der Waals surface area contributed by atoms with Gasteiger partial charge < -0.3 is 14.9 Å². The zero-order valence-electron chi connectivity index (χ0n) is 10.1. The van der Waals surface area contributed by atoms with E-state index in [2.05, 4.69) is 10.2 Å². The van der Waals surface area contributed by atoms with Crippen LogP contribution >= 0.6 is 0 Å². The van der Waals surface area contributed by atoms with E-state index in [1.807, 2.05) is 0 Å². The molecule has 7 heteroatoms. The Morgan fingerprint density at radius 1 is 1.42 bits per heavy atom. The molecular formula is C12H11N3O4. The van der Waals surface area contributed by atoms with Gasteiger partial charge in [0, 0.05) is 5.56 Å². The minimum atomic E-state index is -0.762. The average molecular weight is 261 g/mol. The van der Waals surface area contributed by atoms with Crippen molar-refractivity contribution in [1.29, 1.82) is 0 Å². The van der Waals surface area contributed by atoms with Crippen molar-refractivity contribution in [3.63, 3.8) is 0 Å². The zero-order valence-corrected chi connectivity index (χ0v) is 10.1. The lowest BCUT2D eigenvalue weighted by Gasteiger charge is -2.02. The number of nitro groups is 1. The van der Waals surface area contributed by atoms with Crippen LogP contribution in [0.5, 0.6) is 0 Å². The molecule has 0 saturated heterocycles. The van der Waals surface area contributed by atoms with Gasteiger partial charge in [-0.25, -0.2) is 4.79 Å². The van der Waals surface area contributed by atoms with Crippen molar-refractivity contribution in [2.45, 2.75) is 6.92 Å². The SMILES string of the molecule is CCOC(=O)c1c(-c2ccccc2)n[nH]c1[N+](=O)[O-]. The Kier molecular flexibility index (Phi) is 3.56. The number of hydrogen-bond donors (Lipinski definition) is 1. The van der Waals surface area contributed by atoms with Crippen LogP contribution in [0, 0.1) is 10.1 Å². The van der Waals surface area contributed by atoms with Crippen LogP contribution in [0.2, 0.25) is 0 Å². The number of carbonyl (C=O) groups is 1. The second kappa shape index (κ2) is 5.30. The summed E-state index contributed by atoms with van der Waals surface area (Å²) in [7, 11) is 0. The van der Waals surface area contributed by atoms with Crippen LogP contribution in [-0.2, 0) is 4.74 Å². The molecular weight excluding hydrogens is 250 g/mol. The average Bonchev–Trinajstić information content (AvgIpc) is 2.85. The van der Waals surface area contributed by atoms with Gasteiger partial charge in [0.25, 0.3) is 0 Å². The summed E-state index contributed by atoms with van der Waals surface area (Å²) in [6.07, 6.45) is 0. The Bertz CT molecular complexity index is 607. The Balaban J connectivity index is 2.56. The van der Waals surface area contributed by atoms with Crippen LogP contribution in [0.15, 0.2) is 30.3 Å². The first-order chi connectivity index (χ1) is 9.15. The molecule has 0 radical (unpaired) electrons. The molecule has 98 valence electrons. The quantitative estimate of drug-likeness (QED) is 0.516. The molecule has 0 amide bonds. The molecule has 2 aromatic rings. The van der Waals surface area contributed by atoms with Gasteiger partial charge in [-0.05, 0) is 11.8 Å². The fourth-order valence-electron chi connectivity index (χ4n) is 1.67. The van der Waals surface area contributed by atoms with E-state index in [9.17, 15) is 14.9 Å². The molecule has 0 spiro atoms. The first-order valence-corrected chi connectivity index (χ1v) is 5.60. The topological polar surface area (TPSA) is 98.1 Å². The monoisotopic (exact) mass is 261 g/mol. The summed E-state index contributed by atoms with van der Waals surface area (Å²) in [6, 6.07) is 8.73. The van der Waals surface area contributed by atoms with Crippen LogP contribution in [0.4, 0.5) is 5.82 Å². The molecule has 0 saturated carbocycles. The van der Waals surface area contributed by atoms with Crippen molar-refractivity contribution in [2.75, 3.05) is 6.61 Å². The smallest absolute Gasteiger partial charge is 0.358 e. The largest absolute Gasteiger partial charge is 0.462 e. The number of nitrogens with zero attached hydrogens (tertiary/aromatic N) is 2. The Morgan fingerprint density at radius 2 is 2.11 bits per heavy atom. The zero-order chi connectivity index (χ0) is 13.8. The van der Waals surface area contributed by atoms with Gasteiger partial charge >= 0.3 is 11.8 Å². The van der Waals surface area contributed by atoms with Gasteiger partial charge in [-0.2, -0.15) is 0 Å². The van der Waals surface area contributed by atoms with Crippen molar-refractivity contribution in [2.24, 2.45) is 0 Å². The molecule has 19 heavy (non-hydrogen) atoms. The van der Waals surface area contributed by atoms with Crippen LogP contribution in [0.3, 0.4) is 0 Å². The Morgan fingerprint density at radius 3 is 2.68 bits per heavy atom. The lowest BCUT2D eigenvalue weighted by atomic mass is 10.1. The third-order valence-electron chi connectivity index (χ3n) is 2.46. The number of aromatic amines is 1. The van der Waals surface area contributed by atoms with Gasteiger partial charge in [0.05, 0.1) is 6.61 Å². The maximum absolute atomic E-state index is 11.8. The maximum atomic E-state index is 11.8. The summed E-state index contributed by atoms with van der Waals surface area (Å²) in [5.41, 5.74) is 0.665. The molecule has 2 rings (SSSR count). The van der Waals surface area contributed by atoms with E-state index in [0.717, 1.165) is 0 Å². The lowest BCUT2D eigenvalue weighted by Crippen LogP contribution is -2.07. The lowest BCUT2D eigenvalue weighted by molar-refractivity contribution is -0.389. The number of benzene rings is 1. The third kappa shape index (κ3) is 2.44. The van der Waals surface area contributed by atoms with Crippen LogP contribution in [0.1, 0.15) is 17.3 Å². The van der Waals surface area contributed by atoms with Crippen molar-refractivity contribution in [3.8, 4) is 11.3 Å². The summed E-state index contributed by atoms with van der Waals surface area (Å²) in [5.74, 6) is -1.22. The van der Waals surface area contributed by atoms with Crippen molar-refractivity contribution in [1.82, 2.24) is 10.2 Å². The van der Waals surface area contributed by atoms with Crippen molar-refractivity contribution >= 4 is 11.8 Å². The predicted octanol–water partition coefficient (Wildman–Crippen LogP) is 2.16. The molecule has 0 aliphatic rings. The summed E-state index contributed by atoms with van der Waals surface area (Å²) in [6.45, 7) is 1.77. The van der Waals surface area contributed by atoms with E-state index in [0.29, 0.717) is 5.56 Å². The summed E-state index contributed by atoms with van der Waals surface area (Å²) in [5, 5.41) is 17.0. The number of hydrogen-bond acceptors (Lipinski definition) is 5. The molecule has 0 fully saturated rings. The van der Waals surface area contributed by atoms with Crippen molar-refractivity contribution < 1.29 is 14.5 Å². The van der Waals surface area contributed by atoms with Crippen LogP contribution in [-0.4, -0.2) is 27.7 Å². The number of esters is 1. The highest BCUT2D eigenvalue weighted by molar-refractivity contribution is 5.99. The predicted molar refractivity (Wildman–Crippen MR) is 66.6 cm³/mol. The summed E-state index contributed by atoms with van der Waals surface area (Å²) < 4.78 is 4.84. The molecule has 0 aliphatic heterocycles. The fraction of sp³-hybridized carbons (Fsp3) is 0.167.